The maximum Gasteiger partial charge on any atom is 0.435 e. The van der Waals surface area contributed by atoms with E-state index in [4.69, 9.17) is 5.11 Å². The highest BCUT2D eigenvalue weighted by Gasteiger charge is 2.39. The van der Waals surface area contributed by atoms with Crippen LogP contribution in [0.15, 0.2) is 35.1 Å². The van der Waals surface area contributed by atoms with Crippen molar-refractivity contribution in [2.24, 2.45) is 0 Å². The second kappa shape index (κ2) is 5.79. The number of nitrogens with one attached hydrogen (secondary N) is 1. The van der Waals surface area contributed by atoms with Gasteiger partial charge in [-0.2, -0.15) is 22.8 Å². The zero-order chi connectivity index (χ0) is 17.5. The first-order valence-corrected chi connectivity index (χ1v) is 7.22. The van der Waals surface area contributed by atoms with Gasteiger partial charge in [0, 0.05) is 24.3 Å². The van der Waals surface area contributed by atoms with Crippen molar-refractivity contribution in [3.05, 3.63) is 57.6 Å². The number of aryl methyl sites for hydroxylation is 1. The van der Waals surface area contributed by atoms with Gasteiger partial charge in [0.05, 0.1) is 5.56 Å². The lowest BCUT2D eigenvalue weighted by atomic mass is 10.1. The smallest absolute Gasteiger partial charge is 0.396 e. The van der Waals surface area contributed by atoms with Gasteiger partial charge in [-0.05, 0) is 12.5 Å². The van der Waals surface area contributed by atoms with Crippen LogP contribution in [0.4, 0.5) is 13.2 Å². The number of aromatic nitrogens is 3. The molecule has 0 saturated carbocycles. The summed E-state index contributed by atoms with van der Waals surface area (Å²) in [5, 5.41) is 12.6. The fraction of sp³-hybridized carbons (Fsp3) is 0.250. The molecule has 0 aliphatic rings. The van der Waals surface area contributed by atoms with Gasteiger partial charge in [0.1, 0.15) is 5.65 Å². The number of aliphatic hydroxyl groups excluding tert-OH is 1. The Labute approximate surface area is 134 Å². The molecule has 8 heteroatoms. The molecule has 0 saturated heterocycles. The minimum absolute atomic E-state index is 0.0160. The van der Waals surface area contributed by atoms with Crippen molar-refractivity contribution in [1.82, 2.24) is 14.6 Å². The number of benzene rings is 1. The molecule has 0 spiro atoms. The average molecular weight is 337 g/mol. The van der Waals surface area contributed by atoms with Crippen LogP contribution < -0.4 is 5.56 Å². The third-order valence-electron chi connectivity index (χ3n) is 3.79. The van der Waals surface area contributed by atoms with Gasteiger partial charge in [-0.15, -0.1) is 0 Å². The van der Waals surface area contributed by atoms with Gasteiger partial charge < -0.3 is 10.1 Å². The van der Waals surface area contributed by atoms with Crippen LogP contribution in [0.5, 0.6) is 0 Å². The van der Waals surface area contributed by atoms with E-state index in [0.717, 1.165) is 4.52 Å². The Morgan fingerprint density at radius 1 is 1.25 bits per heavy atom. The summed E-state index contributed by atoms with van der Waals surface area (Å²) in [5.74, 6) is 0. The van der Waals surface area contributed by atoms with Crippen LogP contribution in [-0.2, 0) is 12.6 Å². The molecular formula is C16H14F3N3O2. The quantitative estimate of drug-likeness (QED) is 0.772. The second-order valence-corrected chi connectivity index (χ2v) is 5.36. The predicted molar refractivity (Wildman–Crippen MR) is 81.8 cm³/mol. The zero-order valence-electron chi connectivity index (χ0n) is 12.7. The number of aliphatic hydroxyl groups is 1. The maximum atomic E-state index is 13.4. The number of fused-ring (bicyclic) bond motifs is 1. The molecule has 0 unspecified atom stereocenters. The van der Waals surface area contributed by atoms with Crippen molar-refractivity contribution in [2.45, 2.75) is 19.5 Å². The number of H-pyrrole nitrogens is 1. The van der Waals surface area contributed by atoms with Crippen LogP contribution in [0, 0.1) is 6.92 Å². The Balaban J connectivity index is 2.43. The summed E-state index contributed by atoms with van der Waals surface area (Å²) < 4.78 is 41.0. The molecule has 2 heterocycles. The largest absolute Gasteiger partial charge is 0.435 e. The topological polar surface area (TPSA) is 70.4 Å². The minimum atomic E-state index is -4.71. The van der Waals surface area contributed by atoms with Crippen LogP contribution in [0.25, 0.3) is 16.8 Å². The SMILES string of the molecule is Cc1[nH]c2c(-c3ccccc3)c(C(F)(F)F)nn2c(=O)c1CCO. The molecule has 0 radical (unpaired) electrons. The molecule has 3 rings (SSSR count). The molecule has 2 N–H and O–H groups in total. The molecule has 0 fully saturated rings. The Kier molecular flexibility index (Phi) is 3.92. The first-order chi connectivity index (χ1) is 11.3. The summed E-state index contributed by atoms with van der Waals surface area (Å²) in [5.41, 5.74) is -1.04. The van der Waals surface area contributed by atoms with E-state index in [1.54, 1.807) is 25.1 Å². The van der Waals surface area contributed by atoms with E-state index in [9.17, 15) is 18.0 Å². The molecule has 0 amide bonds. The lowest BCUT2D eigenvalue weighted by molar-refractivity contribution is -0.140. The van der Waals surface area contributed by atoms with E-state index < -0.39 is 17.4 Å². The zero-order valence-corrected chi connectivity index (χ0v) is 12.7. The van der Waals surface area contributed by atoms with Crippen molar-refractivity contribution >= 4 is 5.65 Å². The lowest BCUT2D eigenvalue weighted by Crippen LogP contribution is -2.23. The number of hydrogen-bond donors (Lipinski definition) is 2. The normalized spacial score (nSPS) is 12.0. The van der Waals surface area contributed by atoms with Gasteiger partial charge in [-0.3, -0.25) is 4.79 Å². The van der Waals surface area contributed by atoms with Gasteiger partial charge in [0.2, 0.25) is 0 Å². The number of hydrogen-bond acceptors (Lipinski definition) is 3. The summed E-state index contributed by atoms with van der Waals surface area (Å²) in [6, 6.07) is 7.98. The number of nitrogens with zero attached hydrogens (tertiary/aromatic N) is 2. The fourth-order valence-corrected chi connectivity index (χ4v) is 2.70. The van der Waals surface area contributed by atoms with Crippen molar-refractivity contribution < 1.29 is 18.3 Å². The van der Waals surface area contributed by atoms with Gasteiger partial charge >= 0.3 is 6.18 Å². The predicted octanol–water partition coefficient (Wildman–Crippen LogP) is 2.55. The highest BCUT2D eigenvalue weighted by atomic mass is 19.4. The second-order valence-electron chi connectivity index (χ2n) is 5.36. The average Bonchev–Trinajstić information content (AvgIpc) is 2.92. The first kappa shape index (κ1) is 16.3. The van der Waals surface area contributed by atoms with Crippen LogP contribution in [0.3, 0.4) is 0 Å². The van der Waals surface area contributed by atoms with E-state index in [-0.39, 0.29) is 29.8 Å². The van der Waals surface area contributed by atoms with Gasteiger partial charge in [-0.25, -0.2) is 0 Å². The lowest BCUT2D eigenvalue weighted by Gasteiger charge is -2.07. The molecule has 2 aromatic heterocycles. The molecule has 0 aliphatic carbocycles. The molecule has 126 valence electrons. The highest BCUT2D eigenvalue weighted by molar-refractivity contribution is 5.80. The van der Waals surface area contributed by atoms with Crippen molar-refractivity contribution in [1.29, 1.82) is 0 Å². The standard InChI is InChI=1S/C16H14F3N3O2/c1-9-11(7-8-23)15(24)22-14(20-9)12(10-5-3-2-4-6-10)13(21-22)16(17,18)19/h2-6,20,23H,7-8H2,1H3. The van der Waals surface area contributed by atoms with E-state index in [0.29, 0.717) is 11.3 Å². The Bertz CT molecular complexity index is 943. The van der Waals surface area contributed by atoms with E-state index in [1.165, 1.54) is 12.1 Å². The minimum Gasteiger partial charge on any atom is -0.396 e. The number of alkyl halides is 3. The van der Waals surface area contributed by atoms with Crippen LogP contribution in [0.2, 0.25) is 0 Å². The van der Waals surface area contributed by atoms with Crippen molar-refractivity contribution in [3.63, 3.8) is 0 Å². The number of halogens is 3. The van der Waals surface area contributed by atoms with Crippen LogP contribution >= 0.6 is 0 Å². The molecule has 5 nitrogen and oxygen atoms in total. The Hall–Kier alpha value is -2.61. The van der Waals surface area contributed by atoms with E-state index in [2.05, 4.69) is 10.1 Å². The van der Waals surface area contributed by atoms with Gasteiger partial charge in [0.15, 0.2) is 5.69 Å². The number of rotatable bonds is 3. The summed E-state index contributed by atoms with van der Waals surface area (Å²) in [6.07, 6.45) is -4.67. The van der Waals surface area contributed by atoms with Gasteiger partial charge in [-0.1, -0.05) is 30.3 Å². The van der Waals surface area contributed by atoms with E-state index >= 15 is 0 Å². The summed E-state index contributed by atoms with van der Waals surface area (Å²) in [4.78, 5) is 15.3. The van der Waals surface area contributed by atoms with E-state index in [1.807, 2.05) is 0 Å². The summed E-state index contributed by atoms with van der Waals surface area (Å²) in [7, 11) is 0. The molecular weight excluding hydrogens is 323 g/mol. The van der Waals surface area contributed by atoms with Crippen molar-refractivity contribution in [3.8, 4) is 11.1 Å². The first-order valence-electron chi connectivity index (χ1n) is 7.22. The Morgan fingerprint density at radius 3 is 2.50 bits per heavy atom. The summed E-state index contributed by atoms with van der Waals surface area (Å²) >= 11 is 0. The van der Waals surface area contributed by atoms with Crippen LogP contribution in [0.1, 0.15) is 17.0 Å². The van der Waals surface area contributed by atoms with Crippen LogP contribution in [-0.4, -0.2) is 26.3 Å². The molecule has 0 bridgehead atoms. The highest BCUT2D eigenvalue weighted by Crippen LogP contribution is 2.38. The maximum absolute atomic E-state index is 13.4. The van der Waals surface area contributed by atoms with Crippen molar-refractivity contribution in [2.75, 3.05) is 6.61 Å². The fourth-order valence-electron chi connectivity index (χ4n) is 2.70. The van der Waals surface area contributed by atoms with Gasteiger partial charge in [0.25, 0.3) is 5.56 Å². The Morgan fingerprint density at radius 2 is 1.92 bits per heavy atom. The number of aromatic amines is 1. The molecule has 1 aromatic carbocycles. The molecule has 0 atom stereocenters. The molecule has 3 aromatic rings. The third-order valence-corrected chi connectivity index (χ3v) is 3.79. The molecule has 0 aliphatic heterocycles. The molecule has 24 heavy (non-hydrogen) atoms. The summed E-state index contributed by atoms with van der Waals surface area (Å²) in [6.45, 7) is 1.30. The monoisotopic (exact) mass is 337 g/mol. The third kappa shape index (κ3) is 2.58.